The maximum Gasteiger partial charge on any atom is 0.407 e. The largest absolute Gasteiger partial charge is 0.461 e. The predicted octanol–water partition coefficient (Wildman–Crippen LogP) is 7.95. The number of cyclic esters (lactones) is 1. The van der Waals surface area contributed by atoms with Gasteiger partial charge in [-0.1, -0.05) is 106 Å². The topological polar surface area (TPSA) is 375 Å². The summed E-state index contributed by atoms with van der Waals surface area (Å²) in [4.78, 5) is 131. The van der Waals surface area contributed by atoms with Crippen LogP contribution in [0, 0.1) is 18.7 Å². The van der Waals surface area contributed by atoms with Crippen LogP contribution in [0.3, 0.4) is 0 Å². The number of benzene rings is 5. The monoisotopic (exact) mass is 1600 g/mol. The summed E-state index contributed by atoms with van der Waals surface area (Å²) in [6.07, 6.45) is -1.88. The standard InChI is InChI=1S/C85H101FN8O22/c1-7-85(104)66-44-71-76-63(46-94(71)81(100)65(66)50-114-82(85)101)74-68(24-23-57-52(4)67(86)45-70(90-76)73(57)74)91-83(102)115-48-55-21-22-56(43-62(55)78(97)87-27-28-106-31-32-108-35-36-110-39-40-112-42-41-111-38-37-109-34-33-107-30-29-105-6)89-77(96)53(5)88-80(99)75(51(2)3)93-79(98)69(25-26-72(95)113-47-54-15-9-8-10-16-54)92-84(103)116-49-64-60-19-13-11-17-58(60)59-18-12-14-20-61(59)64/h8-22,43-45,51,53,64,68-69,75,104H,7,23-42,46-50H2,1-6H3,(H,87,97)(H,88,99)(H,89,96)(H,91,102)(H,92,103)(H,93,98)/t53-,68-,69-,75-,85-/m0/s1. The van der Waals surface area contributed by atoms with Crippen LogP contribution in [-0.2, 0) is 119 Å². The van der Waals surface area contributed by atoms with Gasteiger partial charge in [-0.05, 0) is 108 Å². The van der Waals surface area contributed by atoms with E-state index in [-0.39, 0.29) is 123 Å². The first kappa shape index (κ1) is 86.3. The molecule has 0 fully saturated rings. The van der Waals surface area contributed by atoms with Crippen LogP contribution >= 0.6 is 0 Å². The molecule has 4 heterocycles. The van der Waals surface area contributed by atoms with Crippen molar-refractivity contribution in [1.82, 2.24) is 36.1 Å². The fraction of sp³-hybridized carbons (Fsp3) is 0.459. The second-order valence-electron chi connectivity index (χ2n) is 28.7. The summed E-state index contributed by atoms with van der Waals surface area (Å²) < 4.78 is 83.5. The molecule has 0 bridgehead atoms. The number of amides is 6. The van der Waals surface area contributed by atoms with Gasteiger partial charge in [-0.25, -0.2) is 23.8 Å². The van der Waals surface area contributed by atoms with E-state index in [4.69, 9.17) is 61.8 Å². The third-order valence-electron chi connectivity index (χ3n) is 20.7. The summed E-state index contributed by atoms with van der Waals surface area (Å²) in [5.74, 6) is -5.91. The number of anilines is 1. The molecule has 7 aromatic rings. The lowest BCUT2D eigenvalue weighted by Crippen LogP contribution is -2.57. The lowest BCUT2D eigenvalue weighted by atomic mass is 9.81. The number of aryl methyl sites for hydroxylation is 1. The van der Waals surface area contributed by atoms with Crippen molar-refractivity contribution in [3.63, 3.8) is 0 Å². The molecule has 2 aromatic heterocycles. The Kier molecular flexibility index (Phi) is 31.1. The molecule has 2 aliphatic carbocycles. The number of esters is 2. The van der Waals surface area contributed by atoms with Crippen LogP contribution in [0.25, 0.3) is 33.4 Å². The number of alkyl carbamates (subject to hydrolysis) is 2. The second-order valence-corrected chi connectivity index (χ2v) is 28.7. The Labute approximate surface area is 670 Å². The number of ether oxygens (including phenoxy) is 12. The first-order chi connectivity index (χ1) is 56.2. The van der Waals surface area contributed by atoms with Gasteiger partial charge in [-0.3, -0.25) is 28.8 Å². The number of hydrogen-bond donors (Lipinski definition) is 7. The normalized spacial score (nSPS) is 15.7. The number of nitrogens with zero attached hydrogens (tertiary/aromatic N) is 2. The number of carbonyl (C=O) groups excluding carboxylic acids is 8. The van der Waals surface area contributed by atoms with Crippen molar-refractivity contribution in [1.29, 1.82) is 0 Å². The zero-order valence-corrected chi connectivity index (χ0v) is 66.0. The molecule has 116 heavy (non-hydrogen) atoms. The van der Waals surface area contributed by atoms with Crippen LogP contribution in [0.4, 0.5) is 19.7 Å². The molecule has 0 saturated carbocycles. The number of carbonyl (C=O) groups is 8. The number of pyridine rings is 2. The van der Waals surface area contributed by atoms with Gasteiger partial charge in [0.05, 0.1) is 134 Å². The Morgan fingerprint density at radius 1 is 0.664 bits per heavy atom. The Morgan fingerprint density at radius 3 is 1.90 bits per heavy atom. The summed E-state index contributed by atoms with van der Waals surface area (Å²) >= 11 is 0. The fourth-order valence-corrected chi connectivity index (χ4v) is 14.4. The van der Waals surface area contributed by atoms with E-state index in [0.717, 1.165) is 27.8 Å². The minimum Gasteiger partial charge on any atom is -0.461 e. The zero-order chi connectivity index (χ0) is 82.3. The van der Waals surface area contributed by atoms with E-state index in [1.807, 2.05) is 54.6 Å². The third-order valence-corrected chi connectivity index (χ3v) is 20.7. The molecule has 30 nitrogen and oxygen atoms in total. The molecular formula is C85H101FN8O22. The Balaban J connectivity index is 0.720. The number of aromatic nitrogens is 2. The third kappa shape index (κ3) is 21.7. The van der Waals surface area contributed by atoms with E-state index in [0.29, 0.717) is 119 Å². The van der Waals surface area contributed by atoms with Gasteiger partial charge in [0, 0.05) is 65.4 Å². The molecule has 0 radical (unpaired) electrons. The van der Waals surface area contributed by atoms with Crippen LogP contribution in [0.5, 0.6) is 0 Å². The molecule has 31 heteroatoms. The van der Waals surface area contributed by atoms with Crippen LogP contribution < -0.4 is 37.5 Å². The van der Waals surface area contributed by atoms with Crippen molar-refractivity contribution in [3.8, 4) is 22.5 Å². The number of aliphatic hydroxyl groups is 1. The van der Waals surface area contributed by atoms with Crippen LogP contribution in [0.1, 0.15) is 131 Å². The highest BCUT2D eigenvalue weighted by atomic mass is 19.1. The van der Waals surface area contributed by atoms with E-state index in [1.165, 1.54) is 35.8 Å². The minimum absolute atomic E-state index is 0.00856. The number of rotatable bonds is 44. The maximum absolute atomic E-state index is 15.8. The smallest absolute Gasteiger partial charge is 0.407 e. The molecular weight excluding hydrogens is 1500 g/mol. The minimum atomic E-state index is -2.11. The van der Waals surface area contributed by atoms with E-state index in [1.54, 1.807) is 65.1 Å². The van der Waals surface area contributed by atoms with Gasteiger partial charge < -0.3 is 98.4 Å². The number of methoxy groups -OCH3 is 1. The van der Waals surface area contributed by atoms with Gasteiger partial charge in [0.25, 0.3) is 11.5 Å². The maximum atomic E-state index is 15.8. The number of nitrogens with one attached hydrogen (secondary N) is 6. The molecule has 2 aliphatic heterocycles. The van der Waals surface area contributed by atoms with Gasteiger partial charge >= 0.3 is 24.1 Å². The highest BCUT2D eigenvalue weighted by Crippen LogP contribution is 2.47. The van der Waals surface area contributed by atoms with Crippen LogP contribution in [0.2, 0.25) is 0 Å². The second kappa shape index (κ2) is 41.8. The lowest BCUT2D eigenvalue weighted by Gasteiger charge is -2.31. The summed E-state index contributed by atoms with van der Waals surface area (Å²) in [6, 6.07) is 27.0. The van der Waals surface area contributed by atoms with Crippen molar-refractivity contribution in [3.05, 3.63) is 187 Å². The number of fused-ring (bicyclic) bond motifs is 8. The molecule has 4 aliphatic rings. The summed E-state index contributed by atoms with van der Waals surface area (Å²) in [5.41, 5.74) is 5.62. The van der Waals surface area contributed by atoms with Gasteiger partial charge in [0.15, 0.2) is 5.60 Å². The quantitative estimate of drug-likeness (QED) is 0.0108. The molecule has 5 atom stereocenters. The average molecular weight is 1610 g/mol. The Bertz CT molecular complexity index is 4670. The molecule has 620 valence electrons. The molecule has 0 saturated heterocycles. The highest BCUT2D eigenvalue weighted by molar-refractivity contribution is 6.01. The van der Waals surface area contributed by atoms with Crippen molar-refractivity contribution in [2.45, 2.75) is 129 Å². The molecule has 11 rings (SSSR count). The van der Waals surface area contributed by atoms with Crippen LogP contribution in [-0.4, -0.2) is 200 Å². The van der Waals surface area contributed by atoms with E-state index >= 15 is 4.39 Å². The van der Waals surface area contributed by atoms with Crippen molar-refractivity contribution >= 4 is 64.3 Å². The van der Waals surface area contributed by atoms with Crippen molar-refractivity contribution in [2.75, 3.05) is 125 Å². The lowest BCUT2D eigenvalue weighted by molar-refractivity contribution is -0.172. The molecule has 5 aromatic carbocycles. The first-order valence-electron chi connectivity index (χ1n) is 39.1. The zero-order valence-electron chi connectivity index (χ0n) is 66.0. The van der Waals surface area contributed by atoms with Gasteiger partial charge in [-0.2, -0.15) is 0 Å². The summed E-state index contributed by atoms with van der Waals surface area (Å²) in [5, 5.41) is 28.7. The van der Waals surface area contributed by atoms with E-state index < -0.39 is 101 Å². The number of hydrogen-bond acceptors (Lipinski definition) is 23. The van der Waals surface area contributed by atoms with E-state index in [2.05, 4.69) is 31.9 Å². The molecule has 7 N–H and O–H groups in total. The van der Waals surface area contributed by atoms with E-state index in [9.17, 15) is 48.3 Å². The van der Waals surface area contributed by atoms with Crippen molar-refractivity contribution in [2.24, 2.45) is 5.92 Å². The van der Waals surface area contributed by atoms with Gasteiger partial charge in [0.1, 0.15) is 50.4 Å². The summed E-state index contributed by atoms with van der Waals surface area (Å²) in [6.45, 7) is 12.6. The molecule has 0 spiro atoms. The molecule has 6 amide bonds. The number of halogens is 1. The van der Waals surface area contributed by atoms with Crippen molar-refractivity contribution < 1.29 is 105 Å². The fourth-order valence-electron chi connectivity index (χ4n) is 14.4. The average Bonchev–Trinajstić information content (AvgIpc) is 1.52. The first-order valence-corrected chi connectivity index (χ1v) is 39.1. The Hall–Kier alpha value is -10.6. The summed E-state index contributed by atoms with van der Waals surface area (Å²) in [7, 11) is 1.62. The highest BCUT2D eigenvalue weighted by Gasteiger charge is 2.46. The molecule has 0 unspecified atom stereocenters. The predicted molar refractivity (Wildman–Crippen MR) is 420 cm³/mol. The van der Waals surface area contributed by atoms with Gasteiger partial charge in [-0.15, -0.1) is 0 Å². The van der Waals surface area contributed by atoms with Crippen LogP contribution in [0.15, 0.2) is 114 Å². The van der Waals surface area contributed by atoms with Gasteiger partial charge in [0.2, 0.25) is 17.7 Å². The SMILES string of the molecule is CC[C@@]1(O)C(=O)OCc2c1cc1n(c2=O)Cc2c-1nc1cc(F)c(C)c3c1c2[C@@H](NC(=O)OCc1ccc(NC(=O)[C@H](C)NC(=O)[C@@H](NC(=O)[C@H](CCC(=O)OCc2ccccc2)NC(=O)OCC2c4ccccc4-c4ccccc42)C(C)C)cc1C(=O)NCCOCCOCCOCCOCCOCCOCCOCCOC)CC3. The Morgan fingerprint density at radius 2 is 1.28 bits per heavy atom.